The van der Waals surface area contributed by atoms with Crippen LogP contribution in [0.15, 0.2) is 6.20 Å². The first-order chi connectivity index (χ1) is 12.2. The van der Waals surface area contributed by atoms with E-state index >= 15 is 0 Å². The Labute approximate surface area is 156 Å². The van der Waals surface area contributed by atoms with Gasteiger partial charge in [-0.25, -0.2) is 14.8 Å². The van der Waals surface area contributed by atoms with Gasteiger partial charge in [0.25, 0.3) is 0 Å². The summed E-state index contributed by atoms with van der Waals surface area (Å²) in [6, 6.07) is 0. The maximum absolute atomic E-state index is 12.2. The van der Waals surface area contributed by atoms with Gasteiger partial charge in [-0.15, -0.1) is 0 Å². The van der Waals surface area contributed by atoms with Crippen LogP contribution in [0.5, 0.6) is 0 Å². The summed E-state index contributed by atoms with van der Waals surface area (Å²) in [6.45, 7) is 12.8. The normalized spacial score (nSPS) is 11.2. The summed E-state index contributed by atoms with van der Waals surface area (Å²) < 4.78 is 10.5. The predicted octanol–water partition coefficient (Wildman–Crippen LogP) is 3.30. The van der Waals surface area contributed by atoms with Crippen LogP contribution in [0.3, 0.4) is 0 Å². The van der Waals surface area contributed by atoms with E-state index in [1.807, 2.05) is 25.7 Å². The molecule has 0 aromatic carbocycles. The van der Waals surface area contributed by atoms with Gasteiger partial charge in [-0.2, -0.15) is 0 Å². The highest BCUT2D eigenvalue weighted by Gasteiger charge is 2.21. The van der Waals surface area contributed by atoms with E-state index in [0.29, 0.717) is 43.2 Å². The number of aryl methyl sites for hydroxylation is 1. The van der Waals surface area contributed by atoms with Gasteiger partial charge < -0.3 is 14.4 Å². The molecule has 0 aliphatic heterocycles. The Morgan fingerprint density at radius 2 is 1.88 bits per heavy atom. The summed E-state index contributed by atoms with van der Waals surface area (Å²) in [6.07, 6.45) is 3.32. The van der Waals surface area contributed by atoms with Crippen LogP contribution in [0.2, 0.25) is 0 Å². The molecule has 7 heteroatoms. The summed E-state index contributed by atoms with van der Waals surface area (Å²) in [5.74, 6) is 0.484. The van der Waals surface area contributed by atoms with Gasteiger partial charge in [-0.1, -0.05) is 6.92 Å². The van der Waals surface area contributed by atoms with Crippen molar-refractivity contribution in [3.8, 4) is 0 Å². The van der Waals surface area contributed by atoms with Crippen molar-refractivity contribution in [2.45, 2.75) is 66.4 Å². The molecule has 0 fully saturated rings. The second-order valence-corrected chi connectivity index (χ2v) is 7.05. The lowest BCUT2D eigenvalue weighted by Gasteiger charge is -2.25. The summed E-state index contributed by atoms with van der Waals surface area (Å²) in [7, 11) is 0. The molecule has 1 rings (SSSR count). The first kappa shape index (κ1) is 21.9. The number of hydrogen-bond donors (Lipinski definition) is 0. The molecular formula is C19H31N3O4. The lowest BCUT2D eigenvalue weighted by atomic mass is 10.2. The fourth-order valence-corrected chi connectivity index (χ4v) is 2.45. The maximum Gasteiger partial charge on any atom is 0.343 e. The Bertz CT molecular complexity index is 611. The molecular weight excluding hydrogens is 334 g/mol. The van der Waals surface area contributed by atoms with Gasteiger partial charge in [0.15, 0.2) is 0 Å². The fraction of sp³-hybridized carbons (Fsp3) is 0.684. The molecule has 1 heterocycles. The molecule has 0 atom stereocenters. The van der Waals surface area contributed by atoms with Crippen LogP contribution in [0, 0.1) is 6.92 Å². The molecule has 0 radical (unpaired) electrons. The predicted molar refractivity (Wildman–Crippen MR) is 100 cm³/mol. The van der Waals surface area contributed by atoms with Crippen molar-refractivity contribution in [1.82, 2.24) is 9.97 Å². The molecule has 0 unspecified atom stereocenters. The molecule has 0 saturated carbocycles. The van der Waals surface area contributed by atoms with Crippen LogP contribution in [-0.4, -0.2) is 47.2 Å². The van der Waals surface area contributed by atoms with Crippen LogP contribution in [0.25, 0.3) is 0 Å². The number of esters is 2. The van der Waals surface area contributed by atoms with Crippen LogP contribution in [-0.2, 0) is 14.3 Å². The van der Waals surface area contributed by atoms with Gasteiger partial charge in [-0.3, -0.25) is 4.79 Å². The lowest BCUT2D eigenvalue weighted by Crippen LogP contribution is -2.30. The quantitative estimate of drug-likeness (QED) is 0.621. The van der Waals surface area contributed by atoms with Gasteiger partial charge in [-0.05, 0) is 47.5 Å². The van der Waals surface area contributed by atoms with Crippen LogP contribution in [0.1, 0.15) is 70.1 Å². The minimum absolute atomic E-state index is 0.224. The average Bonchev–Trinajstić information content (AvgIpc) is 2.52. The van der Waals surface area contributed by atoms with E-state index in [-0.39, 0.29) is 5.97 Å². The fourth-order valence-electron chi connectivity index (χ4n) is 2.45. The Morgan fingerprint density at radius 3 is 2.46 bits per heavy atom. The molecule has 0 N–H and O–H groups in total. The van der Waals surface area contributed by atoms with Crippen molar-refractivity contribution in [3.63, 3.8) is 0 Å². The zero-order chi connectivity index (χ0) is 19.7. The highest BCUT2D eigenvalue weighted by molar-refractivity contribution is 5.94. The molecule has 26 heavy (non-hydrogen) atoms. The second-order valence-electron chi connectivity index (χ2n) is 7.05. The minimum Gasteiger partial charge on any atom is -0.462 e. The van der Waals surface area contributed by atoms with Crippen LogP contribution in [0.4, 0.5) is 5.82 Å². The van der Waals surface area contributed by atoms with Crippen LogP contribution >= 0.6 is 0 Å². The number of carbonyl (C=O) groups is 2. The highest BCUT2D eigenvalue weighted by atomic mass is 16.6. The lowest BCUT2D eigenvalue weighted by molar-refractivity contribution is -0.154. The topological polar surface area (TPSA) is 81.6 Å². The number of carbonyl (C=O) groups excluding carboxylic acids is 2. The summed E-state index contributed by atoms with van der Waals surface area (Å²) >= 11 is 0. The third kappa shape index (κ3) is 7.37. The van der Waals surface area contributed by atoms with Crippen molar-refractivity contribution < 1.29 is 19.1 Å². The van der Waals surface area contributed by atoms with E-state index in [9.17, 15) is 9.59 Å². The van der Waals surface area contributed by atoms with Gasteiger partial charge in [0.2, 0.25) is 0 Å². The number of ether oxygens (including phenoxy) is 2. The number of aromatic nitrogens is 2. The number of nitrogens with zero attached hydrogens (tertiary/aromatic N) is 3. The average molecular weight is 365 g/mol. The third-order valence-corrected chi connectivity index (χ3v) is 3.41. The molecule has 0 saturated heterocycles. The summed E-state index contributed by atoms with van der Waals surface area (Å²) in [4.78, 5) is 34.7. The SMILES string of the molecule is CCCN(CCCC(=O)OC(C)(C)C)c1nc(C)ncc1C(=O)OCC. The van der Waals surface area contributed by atoms with E-state index in [0.717, 1.165) is 13.0 Å². The molecule has 0 aliphatic rings. The van der Waals surface area contributed by atoms with E-state index in [4.69, 9.17) is 9.47 Å². The highest BCUT2D eigenvalue weighted by Crippen LogP contribution is 2.20. The maximum atomic E-state index is 12.2. The number of rotatable bonds is 9. The number of hydrogen-bond acceptors (Lipinski definition) is 7. The molecule has 0 aliphatic carbocycles. The van der Waals surface area contributed by atoms with Gasteiger partial charge in [0, 0.05) is 25.7 Å². The third-order valence-electron chi connectivity index (χ3n) is 3.41. The molecule has 0 amide bonds. The van der Waals surface area contributed by atoms with Crippen molar-refractivity contribution >= 4 is 17.8 Å². The molecule has 1 aromatic heterocycles. The van der Waals surface area contributed by atoms with Crippen molar-refractivity contribution in [2.75, 3.05) is 24.6 Å². The Morgan fingerprint density at radius 1 is 1.19 bits per heavy atom. The van der Waals surface area contributed by atoms with Gasteiger partial charge >= 0.3 is 11.9 Å². The van der Waals surface area contributed by atoms with Gasteiger partial charge in [0.1, 0.15) is 22.8 Å². The molecule has 7 nitrogen and oxygen atoms in total. The summed E-state index contributed by atoms with van der Waals surface area (Å²) in [5, 5.41) is 0. The zero-order valence-corrected chi connectivity index (χ0v) is 16.8. The number of anilines is 1. The Balaban J connectivity index is 2.87. The monoisotopic (exact) mass is 365 g/mol. The van der Waals surface area contributed by atoms with E-state index in [1.165, 1.54) is 6.20 Å². The van der Waals surface area contributed by atoms with Crippen LogP contribution < -0.4 is 4.90 Å². The zero-order valence-electron chi connectivity index (χ0n) is 16.8. The first-order valence-electron chi connectivity index (χ1n) is 9.15. The Hall–Kier alpha value is -2.18. The van der Waals surface area contributed by atoms with Crippen molar-refractivity contribution in [2.24, 2.45) is 0 Å². The minimum atomic E-state index is -0.485. The van der Waals surface area contributed by atoms with Crippen molar-refractivity contribution in [3.05, 3.63) is 17.6 Å². The van der Waals surface area contributed by atoms with Gasteiger partial charge in [0.05, 0.1) is 6.61 Å². The molecule has 146 valence electrons. The van der Waals surface area contributed by atoms with Crippen molar-refractivity contribution in [1.29, 1.82) is 0 Å². The van der Waals surface area contributed by atoms with E-state index in [2.05, 4.69) is 16.9 Å². The smallest absolute Gasteiger partial charge is 0.343 e. The van der Waals surface area contributed by atoms with E-state index in [1.54, 1.807) is 13.8 Å². The van der Waals surface area contributed by atoms with E-state index < -0.39 is 11.6 Å². The Kier molecular flexibility index (Phi) is 8.48. The second kappa shape index (κ2) is 10.1. The molecule has 1 aromatic rings. The largest absolute Gasteiger partial charge is 0.462 e. The molecule has 0 spiro atoms. The first-order valence-corrected chi connectivity index (χ1v) is 9.15. The molecule has 0 bridgehead atoms. The standard InChI is InChI=1S/C19H31N3O4/c1-7-11-22(12-9-10-16(23)26-19(4,5)6)17-15(18(24)25-8-2)13-20-14(3)21-17/h13H,7-12H2,1-6H3. The summed E-state index contributed by atoms with van der Waals surface area (Å²) in [5.41, 5.74) is -0.135.